The first-order chi connectivity index (χ1) is 12.8. The van der Waals surface area contributed by atoms with E-state index in [-0.39, 0.29) is 5.91 Å². The predicted octanol–water partition coefficient (Wildman–Crippen LogP) is 6.07. The first-order valence-electron chi connectivity index (χ1n) is 11.8. The van der Waals surface area contributed by atoms with E-state index in [2.05, 4.69) is 17.1 Å². The number of hydrogen-bond acceptors (Lipinski definition) is 2. The van der Waals surface area contributed by atoms with Crippen LogP contribution in [0.3, 0.4) is 0 Å². The van der Waals surface area contributed by atoms with Crippen molar-refractivity contribution in [1.29, 1.82) is 0 Å². The van der Waals surface area contributed by atoms with Crippen LogP contribution in [0.25, 0.3) is 0 Å². The van der Waals surface area contributed by atoms with E-state index in [9.17, 15) is 4.79 Å². The van der Waals surface area contributed by atoms with Crippen LogP contribution in [-0.4, -0.2) is 37.0 Å². The van der Waals surface area contributed by atoms with Crippen molar-refractivity contribution < 1.29 is 4.79 Å². The summed E-state index contributed by atoms with van der Waals surface area (Å²) in [6.07, 6.45) is 23.2. The van der Waals surface area contributed by atoms with Crippen LogP contribution in [0, 0.1) is 0 Å². The minimum Gasteiger partial charge on any atom is -0.355 e. The molecule has 1 aliphatic heterocycles. The highest BCUT2D eigenvalue weighted by atomic mass is 16.2. The smallest absolute Gasteiger partial charge is 0.234 e. The normalized spacial score (nSPS) is 15.3. The van der Waals surface area contributed by atoms with Crippen LogP contribution in [0.5, 0.6) is 0 Å². The second kappa shape index (κ2) is 17.8. The van der Waals surface area contributed by atoms with Crippen molar-refractivity contribution in [2.24, 2.45) is 0 Å². The van der Waals surface area contributed by atoms with Gasteiger partial charge in [0.1, 0.15) is 0 Å². The van der Waals surface area contributed by atoms with Crippen LogP contribution in [-0.2, 0) is 4.79 Å². The highest BCUT2D eigenvalue weighted by molar-refractivity contribution is 5.77. The lowest BCUT2D eigenvalue weighted by Gasteiger charge is -2.25. The molecule has 3 nitrogen and oxygen atoms in total. The van der Waals surface area contributed by atoms with Crippen molar-refractivity contribution in [3.63, 3.8) is 0 Å². The van der Waals surface area contributed by atoms with Gasteiger partial charge in [0.15, 0.2) is 0 Å². The van der Waals surface area contributed by atoms with Crippen LogP contribution in [0.15, 0.2) is 0 Å². The van der Waals surface area contributed by atoms with Gasteiger partial charge in [-0.05, 0) is 32.4 Å². The number of unbranched alkanes of at least 4 members (excludes halogenated alkanes) is 13. The van der Waals surface area contributed by atoms with E-state index in [1.807, 2.05) is 0 Å². The average Bonchev–Trinajstić information content (AvgIpc) is 2.65. The Labute approximate surface area is 163 Å². The van der Waals surface area contributed by atoms with Crippen LogP contribution < -0.4 is 5.32 Å². The van der Waals surface area contributed by atoms with Crippen molar-refractivity contribution in [2.45, 2.75) is 116 Å². The molecule has 1 rings (SSSR count). The molecule has 154 valence electrons. The standard InChI is InChI=1S/C23H46N2O/c1-2-3-4-5-6-7-8-9-10-11-12-13-14-16-19-24-23(26)22-25-20-17-15-18-21-25/h2-22H2,1H3,(H,24,26). The minimum absolute atomic E-state index is 0.224. The van der Waals surface area contributed by atoms with Crippen LogP contribution in [0.4, 0.5) is 0 Å². The molecule has 1 fully saturated rings. The fourth-order valence-corrected chi connectivity index (χ4v) is 3.92. The van der Waals surface area contributed by atoms with Gasteiger partial charge in [-0.25, -0.2) is 0 Å². The van der Waals surface area contributed by atoms with Gasteiger partial charge in [0.05, 0.1) is 6.54 Å². The molecule has 0 spiro atoms. The second-order valence-electron chi connectivity index (χ2n) is 8.28. The van der Waals surface area contributed by atoms with Crippen molar-refractivity contribution >= 4 is 5.91 Å². The molecule has 0 aromatic carbocycles. The third kappa shape index (κ3) is 14.6. The highest BCUT2D eigenvalue weighted by Gasteiger charge is 2.13. The summed E-state index contributed by atoms with van der Waals surface area (Å²) in [5, 5.41) is 3.09. The summed E-state index contributed by atoms with van der Waals surface area (Å²) in [7, 11) is 0. The summed E-state index contributed by atoms with van der Waals surface area (Å²) in [5.41, 5.74) is 0. The highest BCUT2D eigenvalue weighted by Crippen LogP contribution is 2.13. The average molecular weight is 367 g/mol. The van der Waals surface area contributed by atoms with E-state index in [4.69, 9.17) is 0 Å². The molecule has 1 saturated heterocycles. The quantitative estimate of drug-likeness (QED) is 0.317. The molecule has 0 aliphatic carbocycles. The lowest BCUT2D eigenvalue weighted by molar-refractivity contribution is -0.122. The fraction of sp³-hybridized carbons (Fsp3) is 0.957. The van der Waals surface area contributed by atoms with Crippen molar-refractivity contribution in [2.75, 3.05) is 26.2 Å². The molecule has 0 atom stereocenters. The van der Waals surface area contributed by atoms with Gasteiger partial charge in [-0.1, -0.05) is 96.8 Å². The van der Waals surface area contributed by atoms with E-state index < -0.39 is 0 Å². The second-order valence-corrected chi connectivity index (χ2v) is 8.28. The molecule has 0 aromatic heterocycles. The molecule has 0 unspecified atom stereocenters. The minimum atomic E-state index is 0.224. The molecule has 0 aromatic rings. The number of rotatable bonds is 17. The SMILES string of the molecule is CCCCCCCCCCCCCCCCNC(=O)CN1CCCCC1. The zero-order valence-electron chi connectivity index (χ0n) is 17.7. The van der Waals surface area contributed by atoms with E-state index >= 15 is 0 Å². The molecule has 3 heteroatoms. The number of hydrogen-bond donors (Lipinski definition) is 1. The predicted molar refractivity (Wildman–Crippen MR) is 114 cm³/mol. The number of carbonyl (C=O) groups excluding carboxylic acids is 1. The van der Waals surface area contributed by atoms with Gasteiger partial charge in [0.2, 0.25) is 5.91 Å². The molecule has 1 aliphatic rings. The Morgan fingerprint density at radius 3 is 1.65 bits per heavy atom. The zero-order chi connectivity index (χ0) is 18.7. The summed E-state index contributed by atoms with van der Waals surface area (Å²) >= 11 is 0. The van der Waals surface area contributed by atoms with Gasteiger partial charge in [-0.15, -0.1) is 0 Å². The van der Waals surface area contributed by atoms with Gasteiger partial charge in [0, 0.05) is 6.54 Å². The number of nitrogens with one attached hydrogen (secondary N) is 1. The summed E-state index contributed by atoms with van der Waals surface area (Å²) < 4.78 is 0. The number of amides is 1. The molecule has 1 heterocycles. The van der Waals surface area contributed by atoms with Crippen molar-refractivity contribution in [3.05, 3.63) is 0 Å². The summed E-state index contributed by atoms with van der Waals surface area (Å²) in [5.74, 6) is 0.224. The molecule has 26 heavy (non-hydrogen) atoms. The van der Waals surface area contributed by atoms with Gasteiger partial charge >= 0.3 is 0 Å². The van der Waals surface area contributed by atoms with E-state index in [1.54, 1.807) is 0 Å². The van der Waals surface area contributed by atoms with Crippen LogP contribution in [0.2, 0.25) is 0 Å². The largest absolute Gasteiger partial charge is 0.355 e. The maximum absolute atomic E-state index is 11.9. The first-order valence-corrected chi connectivity index (χ1v) is 11.8. The third-order valence-corrected chi connectivity index (χ3v) is 5.67. The van der Waals surface area contributed by atoms with Gasteiger partial charge in [-0.3, -0.25) is 9.69 Å². The number of piperidine rings is 1. The first kappa shape index (κ1) is 23.5. The Balaban J connectivity index is 1.73. The number of nitrogens with zero attached hydrogens (tertiary/aromatic N) is 1. The van der Waals surface area contributed by atoms with Crippen LogP contribution >= 0.6 is 0 Å². The number of carbonyl (C=O) groups is 1. The Hall–Kier alpha value is -0.570. The topological polar surface area (TPSA) is 32.3 Å². The van der Waals surface area contributed by atoms with E-state index in [0.717, 1.165) is 26.1 Å². The lowest BCUT2D eigenvalue weighted by Crippen LogP contribution is -2.40. The van der Waals surface area contributed by atoms with Crippen molar-refractivity contribution in [3.8, 4) is 0 Å². The molecule has 1 amide bonds. The summed E-state index contributed by atoms with van der Waals surface area (Å²) in [4.78, 5) is 14.2. The van der Waals surface area contributed by atoms with Crippen LogP contribution in [0.1, 0.15) is 116 Å². The lowest BCUT2D eigenvalue weighted by atomic mass is 10.0. The third-order valence-electron chi connectivity index (χ3n) is 5.67. The molecule has 0 saturated carbocycles. The Morgan fingerprint density at radius 1 is 0.692 bits per heavy atom. The summed E-state index contributed by atoms with van der Waals surface area (Å²) in [6.45, 7) is 5.97. The van der Waals surface area contributed by atoms with Gasteiger partial charge < -0.3 is 5.32 Å². The maximum Gasteiger partial charge on any atom is 0.234 e. The Kier molecular flexibility index (Phi) is 16.1. The molecular weight excluding hydrogens is 320 g/mol. The summed E-state index contributed by atoms with van der Waals surface area (Å²) in [6, 6.07) is 0. The molecule has 0 bridgehead atoms. The van der Waals surface area contributed by atoms with Gasteiger partial charge in [0.25, 0.3) is 0 Å². The number of likely N-dealkylation sites (tertiary alicyclic amines) is 1. The monoisotopic (exact) mass is 366 g/mol. The maximum atomic E-state index is 11.9. The van der Waals surface area contributed by atoms with E-state index in [0.29, 0.717) is 6.54 Å². The van der Waals surface area contributed by atoms with Crippen molar-refractivity contribution in [1.82, 2.24) is 10.2 Å². The molecule has 1 N–H and O–H groups in total. The van der Waals surface area contributed by atoms with E-state index in [1.165, 1.54) is 103 Å². The zero-order valence-corrected chi connectivity index (χ0v) is 17.7. The molecule has 0 radical (unpaired) electrons. The Bertz CT molecular complexity index is 313. The molecular formula is C23H46N2O. The fourth-order valence-electron chi connectivity index (χ4n) is 3.92. The Morgan fingerprint density at radius 2 is 1.15 bits per heavy atom. The van der Waals surface area contributed by atoms with Gasteiger partial charge in [-0.2, -0.15) is 0 Å².